The van der Waals surface area contributed by atoms with Gasteiger partial charge in [-0.05, 0) is 61.2 Å². The number of para-hydroxylation sites is 1. The minimum Gasteiger partial charge on any atom is -0.496 e. The first-order valence-electron chi connectivity index (χ1n) is 14.2. The topological polar surface area (TPSA) is 90.3 Å². The lowest BCUT2D eigenvalue weighted by Crippen LogP contribution is -2.53. The molecule has 2 saturated heterocycles. The highest BCUT2D eigenvalue weighted by molar-refractivity contribution is 5.89. The third-order valence-electron chi connectivity index (χ3n) is 8.58. The molecule has 43 heavy (non-hydrogen) atoms. The molecule has 2 aromatic carbocycles. The highest BCUT2D eigenvalue weighted by atomic mass is 19.4. The molecule has 1 amide bonds. The van der Waals surface area contributed by atoms with Gasteiger partial charge in [-0.2, -0.15) is 18.4 Å². The first-order chi connectivity index (χ1) is 20.7. The van der Waals surface area contributed by atoms with E-state index in [0.717, 1.165) is 23.3 Å². The average Bonchev–Trinajstić information content (AvgIpc) is 3.51. The number of anilines is 1. The lowest BCUT2D eigenvalue weighted by molar-refractivity contribution is -0.137. The molecular weight excluding hydrogens is 562 g/mol. The maximum Gasteiger partial charge on any atom is 0.416 e. The number of piperidine rings is 1. The second-order valence-electron chi connectivity index (χ2n) is 11.1. The van der Waals surface area contributed by atoms with Gasteiger partial charge in [-0.3, -0.25) is 14.2 Å². The summed E-state index contributed by atoms with van der Waals surface area (Å²) in [5.74, 6) is 0.422. The van der Waals surface area contributed by atoms with E-state index in [0.29, 0.717) is 62.6 Å². The summed E-state index contributed by atoms with van der Waals surface area (Å²) < 4.78 is 58.4. The predicted molar refractivity (Wildman–Crippen MR) is 154 cm³/mol. The van der Waals surface area contributed by atoms with Crippen molar-refractivity contribution in [3.63, 3.8) is 0 Å². The van der Waals surface area contributed by atoms with Crippen molar-refractivity contribution >= 4 is 11.6 Å². The molecule has 0 spiro atoms. The molecule has 2 aliphatic heterocycles. The minimum atomic E-state index is -4.55. The molecule has 5 rings (SSSR count). The van der Waals surface area contributed by atoms with Gasteiger partial charge < -0.3 is 20.3 Å². The Labute approximate surface area is 247 Å². The second-order valence-corrected chi connectivity index (χ2v) is 11.1. The Kier molecular flexibility index (Phi) is 8.87. The molecule has 3 aromatic rings. The van der Waals surface area contributed by atoms with Crippen molar-refractivity contribution in [2.24, 2.45) is 5.92 Å². The predicted octanol–water partition coefficient (Wildman–Crippen LogP) is 5.25. The SMILES string of the molecule is COc1ccccc1-c1ccc(C2(C(=O)NC[C@@H]3C[C@@H](CF)CN3)CCN(c3ccc(C(F)(F)F)cc3C#N)CC2)cn1. The van der Waals surface area contributed by atoms with Crippen LogP contribution in [-0.2, 0) is 16.4 Å². The summed E-state index contributed by atoms with van der Waals surface area (Å²) in [6.45, 7) is 1.20. The van der Waals surface area contributed by atoms with Gasteiger partial charge in [0.2, 0.25) is 5.91 Å². The zero-order chi connectivity index (χ0) is 30.6. The molecular formula is C32H33F4N5O2. The Bertz CT molecular complexity index is 1480. The van der Waals surface area contributed by atoms with E-state index in [1.165, 1.54) is 6.07 Å². The summed E-state index contributed by atoms with van der Waals surface area (Å²) in [5, 5.41) is 16.0. The van der Waals surface area contributed by atoms with Gasteiger partial charge in [0.15, 0.2) is 0 Å². The van der Waals surface area contributed by atoms with E-state index < -0.39 is 23.8 Å². The van der Waals surface area contributed by atoms with Crippen LogP contribution in [0.4, 0.5) is 23.2 Å². The van der Waals surface area contributed by atoms with Crippen molar-refractivity contribution in [1.29, 1.82) is 5.26 Å². The highest BCUT2D eigenvalue weighted by Crippen LogP contribution is 2.40. The molecule has 0 saturated carbocycles. The lowest BCUT2D eigenvalue weighted by Gasteiger charge is -2.42. The first-order valence-corrected chi connectivity index (χ1v) is 14.2. The quantitative estimate of drug-likeness (QED) is 0.346. The number of hydrogen-bond donors (Lipinski definition) is 2. The van der Waals surface area contributed by atoms with Crippen LogP contribution in [0.2, 0.25) is 0 Å². The third-order valence-corrected chi connectivity index (χ3v) is 8.58. The molecule has 0 unspecified atom stereocenters. The van der Waals surface area contributed by atoms with Crippen LogP contribution in [0.3, 0.4) is 0 Å². The Hall–Kier alpha value is -4.17. The summed E-state index contributed by atoms with van der Waals surface area (Å²) in [6.07, 6.45) is -1.52. The van der Waals surface area contributed by atoms with E-state index in [4.69, 9.17) is 4.74 Å². The lowest BCUT2D eigenvalue weighted by atomic mass is 9.72. The van der Waals surface area contributed by atoms with Crippen LogP contribution >= 0.6 is 0 Å². The van der Waals surface area contributed by atoms with Crippen molar-refractivity contribution in [2.75, 3.05) is 44.9 Å². The maximum absolute atomic E-state index is 13.9. The average molecular weight is 596 g/mol. The fourth-order valence-electron chi connectivity index (χ4n) is 6.11. The number of alkyl halides is 4. The Morgan fingerprint density at radius 2 is 1.95 bits per heavy atom. The summed E-state index contributed by atoms with van der Waals surface area (Å²) in [5.41, 5.74) is 0.717. The number of halogens is 4. The van der Waals surface area contributed by atoms with Gasteiger partial charge in [0.25, 0.3) is 0 Å². The number of pyridine rings is 1. The molecule has 2 atom stereocenters. The monoisotopic (exact) mass is 595 g/mol. The zero-order valence-electron chi connectivity index (χ0n) is 23.8. The van der Waals surface area contributed by atoms with Crippen LogP contribution in [-0.4, -0.2) is 56.9 Å². The fourth-order valence-corrected chi connectivity index (χ4v) is 6.11. The van der Waals surface area contributed by atoms with Crippen molar-refractivity contribution in [3.8, 4) is 23.1 Å². The normalized spacial score (nSPS) is 20.0. The van der Waals surface area contributed by atoms with E-state index >= 15 is 0 Å². The van der Waals surface area contributed by atoms with Crippen LogP contribution in [0.1, 0.15) is 36.0 Å². The van der Waals surface area contributed by atoms with E-state index in [2.05, 4.69) is 15.6 Å². The fraction of sp³-hybridized carbons (Fsp3) is 0.406. The first kappa shape index (κ1) is 30.3. The largest absolute Gasteiger partial charge is 0.496 e. The number of methoxy groups -OCH3 is 1. The van der Waals surface area contributed by atoms with Gasteiger partial charge >= 0.3 is 6.18 Å². The zero-order valence-corrected chi connectivity index (χ0v) is 23.8. The van der Waals surface area contributed by atoms with Gasteiger partial charge in [0.1, 0.15) is 11.8 Å². The molecule has 7 nitrogen and oxygen atoms in total. The number of aromatic nitrogens is 1. The van der Waals surface area contributed by atoms with Crippen molar-refractivity contribution in [3.05, 3.63) is 77.5 Å². The number of ether oxygens (including phenoxy) is 1. The number of amides is 1. The highest BCUT2D eigenvalue weighted by Gasteiger charge is 2.44. The van der Waals surface area contributed by atoms with Gasteiger partial charge in [-0.25, -0.2) is 0 Å². The number of benzene rings is 2. The Morgan fingerprint density at radius 1 is 1.19 bits per heavy atom. The summed E-state index contributed by atoms with van der Waals surface area (Å²) >= 11 is 0. The van der Waals surface area contributed by atoms with E-state index in [1.807, 2.05) is 47.4 Å². The maximum atomic E-state index is 13.9. The molecule has 11 heteroatoms. The molecule has 2 aliphatic rings. The smallest absolute Gasteiger partial charge is 0.416 e. The Morgan fingerprint density at radius 3 is 2.58 bits per heavy atom. The van der Waals surface area contributed by atoms with Gasteiger partial charge in [0, 0.05) is 49.9 Å². The van der Waals surface area contributed by atoms with Crippen molar-refractivity contribution in [1.82, 2.24) is 15.6 Å². The second kappa shape index (κ2) is 12.6. The molecule has 2 fully saturated rings. The molecule has 226 valence electrons. The van der Waals surface area contributed by atoms with E-state index in [9.17, 15) is 27.6 Å². The van der Waals surface area contributed by atoms with Crippen molar-refractivity contribution < 1.29 is 27.1 Å². The molecule has 1 aromatic heterocycles. The number of nitrogens with zero attached hydrogens (tertiary/aromatic N) is 3. The van der Waals surface area contributed by atoms with Crippen LogP contribution in [0, 0.1) is 17.2 Å². The molecule has 0 aliphatic carbocycles. The summed E-state index contributed by atoms with van der Waals surface area (Å²) in [7, 11) is 1.59. The van der Waals surface area contributed by atoms with Crippen LogP contribution in [0.5, 0.6) is 5.75 Å². The Balaban J connectivity index is 1.41. The van der Waals surface area contributed by atoms with Gasteiger partial charge in [0.05, 0.1) is 41.7 Å². The van der Waals surface area contributed by atoms with E-state index in [1.54, 1.807) is 13.3 Å². The molecule has 3 heterocycles. The number of carbonyl (C=O) groups excluding carboxylic acids is 1. The minimum absolute atomic E-state index is 0.0294. The molecule has 0 radical (unpaired) electrons. The van der Waals surface area contributed by atoms with Gasteiger partial charge in [-0.1, -0.05) is 18.2 Å². The number of nitriles is 1. The van der Waals surface area contributed by atoms with Crippen LogP contribution in [0.25, 0.3) is 11.3 Å². The van der Waals surface area contributed by atoms with Crippen LogP contribution in [0.15, 0.2) is 60.8 Å². The standard InChI is InChI=1S/C32H33F4N5O2/c1-43-29-5-3-2-4-26(29)27-8-6-24(19-39-27)31(30(42)40-20-25-14-21(16-33)18-38-25)10-12-41(13-11-31)28-9-7-23(32(34,35)36)15-22(28)17-37/h2-9,15,19,21,25,38H,10-14,16,18,20H2,1H3,(H,40,42)/t21-,25-/m0/s1. The summed E-state index contributed by atoms with van der Waals surface area (Å²) in [4.78, 5) is 20.5. The summed E-state index contributed by atoms with van der Waals surface area (Å²) in [6, 6.07) is 16.3. The van der Waals surface area contributed by atoms with Gasteiger partial charge in [-0.15, -0.1) is 0 Å². The third kappa shape index (κ3) is 6.30. The number of nitrogens with one attached hydrogen (secondary N) is 2. The van der Waals surface area contributed by atoms with Crippen molar-refractivity contribution in [2.45, 2.75) is 36.9 Å². The van der Waals surface area contributed by atoms with E-state index in [-0.39, 0.29) is 23.4 Å². The number of carbonyl (C=O) groups is 1. The molecule has 0 bridgehead atoms. The molecule has 2 N–H and O–H groups in total. The number of hydrogen-bond acceptors (Lipinski definition) is 6. The van der Waals surface area contributed by atoms with Crippen LogP contribution < -0.4 is 20.3 Å². The number of rotatable bonds is 8.